The molecule has 1 aliphatic carbocycles. The number of rotatable bonds is 6. The smallest absolute Gasteiger partial charge is 0.259 e. The number of nitriles is 1. The van der Waals surface area contributed by atoms with Crippen molar-refractivity contribution in [2.45, 2.75) is 37.9 Å². The van der Waals surface area contributed by atoms with Gasteiger partial charge in [0, 0.05) is 22.7 Å². The number of carbonyl (C=O) groups excluding carboxylic acids is 1. The number of hydrogen-bond donors (Lipinski definition) is 2. The highest BCUT2D eigenvalue weighted by Gasteiger charge is 2.19. The predicted octanol–water partition coefficient (Wildman–Crippen LogP) is 4.00. The molecule has 8 heteroatoms. The Bertz CT molecular complexity index is 1160. The first kappa shape index (κ1) is 19.7. The highest BCUT2D eigenvalue weighted by atomic mass is 32.2. The van der Waals surface area contributed by atoms with Gasteiger partial charge in [0.05, 0.1) is 22.8 Å². The molecule has 0 bridgehead atoms. The van der Waals surface area contributed by atoms with E-state index in [9.17, 15) is 9.59 Å². The van der Waals surface area contributed by atoms with Gasteiger partial charge >= 0.3 is 0 Å². The molecule has 2 heterocycles. The summed E-state index contributed by atoms with van der Waals surface area (Å²) in [5.74, 6) is 1.74. The highest BCUT2D eigenvalue weighted by molar-refractivity contribution is 7.98. The third-order valence-corrected chi connectivity index (χ3v) is 7.02. The molecule has 4 rings (SSSR count). The maximum atomic E-state index is 12.5. The topological polar surface area (TPSA) is 98.6 Å². The van der Waals surface area contributed by atoms with Crippen molar-refractivity contribution in [3.8, 4) is 6.07 Å². The summed E-state index contributed by atoms with van der Waals surface area (Å²) in [7, 11) is 0. The van der Waals surface area contributed by atoms with Crippen molar-refractivity contribution in [2.75, 3.05) is 11.1 Å². The fourth-order valence-electron chi connectivity index (χ4n) is 3.50. The number of hydrogen-bond acceptors (Lipinski definition) is 6. The van der Waals surface area contributed by atoms with Crippen molar-refractivity contribution < 1.29 is 4.79 Å². The van der Waals surface area contributed by atoms with Gasteiger partial charge in [-0.2, -0.15) is 17.0 Å². The Kier molecular flexibility index (Phi) is 5.97. The number of H-pyrrole nitrogens is 1. The monoisotopic (exact) mass is 424 g/mol. The molecule has 148 valence electrons. The lowest BCUT2D eigenvalue weighted by molar-refractivity contribution is -0.115. The number of nitrogens with one attached hydrogen (secondary N) is 2. The van der Waals surface area contributed by atoms with Crippen LogP contribution < -0.4 is 10.9 Å². The fourth-order valence-corrected chi connectivity index (χ4v) is 5.59. The second-order valence-electron chi connectivity index (χ2n) is 6.95. The minimum absolute atomic E-state index is 0.0416. The summed E-state index contributed by atoms with van der Waals surface area (Å²) in [5, 5.41) is 12.5. The molecule has 0 aliphatic heterocycles. The van der Waals surface area contributed by atoms with E-state index < -0.39 is 0 Å². The zero-order valence-electron chi connectivity index (χ0n) is 15.8. The molecule has 6 nitrogen and oxygen atoms in total. The van der Waals surface area contributed by atoms with Crippen molar-refractivity contribution in [3.63, 3.8) is 0 Å². The SMILES string of the molecule is N#Cc1cccc(NC(=O)CCSCc2nc3sc4c(c3c(=O)[nH]2)CCCC4)c1. The number of thioether (sulfide) groups is 1. The standard InChI is InChI=1S/C21H20N4O2S2/c22-11-13-4-3-5-14(10-13)23-18(26)8-9-28-12-17-24-20(27)19-15-6-1-2-7-16(15)29-21(19)25-17/h3-5,10H,1-2,6-9,12H2,(H,23,26)(H,24,25,27). The van der Waals surface area contributed by atoms with E-state index in [4.69, 9.17) is 5.26 Å². The van der Waals surface area contributed by atoms with E-state index in [0.717, 1.165) is 29.5 Å². The number of thiophene rings is 1. The minimum Gasteiger partial charge on any atom is -0.326 e. The van der Waals surface area contributed by atoms with Crippen LogP contribution in [0.4, 0.5) is 5.69 Å². The first-order valence-corrected chi connectivity index (χ1v) is 11.5. The summed E-state index contributed by atoms with van der Waals surface area (Å²) in [6.07, 6.45) is 4.69. The van der Waals surface area contributed by atoms with Crippen molar-refractivity contribution >= 4 is 44.9 Å². The molecule has 0 saturated heterocycles. The van der Waals surface area contributed by atoms with Crippen LogP contribution in [0.3, 0.4) is 0 Å². The van der Waals surface area contributed by atoms with Crippen LogP contribution in [0.25, 0.3) is 10.2 Å². The van der Waals surface area contributed by atoms with Gasteiger partial charge in [-0.05, 0) is 49.4 Å². The third kappa shape index (κ3) is 4.52. The number of aryl methyl sites for hydroxylation is 2. The largest absolute Gasteiger partial charge is 0.326 e. The van der Waals surface area contributed by atoms with E-state index in [1.807, 2.05) is 0 Å². The minimum atomic E-state index is -0.101. The summed E-state index contributed by atoms with van der Waals surface area (Å²) in [6.45, 7) is 0. The average Bonchev–Trinajstić information content (AvgIpc) is 3.10. The zero-order chi connectivity index (χ0) is 20.2. The van der Waals surface area contributed by atoms with E-state index >= 15 is 0 Å². The number of anilines is 1. The van der Waals surface area contributed by atoms with Gasteiger partial charge in [-0.3, -0.25) is 9.59 Å². The molecule has 2 aromatic heterocycles. The maximum absolute atomic E-state index is 12.5. The van der Waals surface area contributed by atoms with Gasteiger partial charge in [-0.15, -0.1) is 11.3 Å². The van der Waals surface area contributed by atoms with Crippen molar-refractivity contribution in [2.24, 2.45) is 0 Å². The molecule has 2 N–H and O–H groups in total. The van der Waals surface area contributed by atoms with Gasteiger partial charge in [0.1, 0.15) is 10.7 Å². The molecule has 0 saturated carbocycles. The Morgan fingerprint density at radius 2 is 2.21 bits per heavy atom. The quantitative estimate of drug-likeness (QED) is 0.583. The summed E-state index contributed by atoms with van der Waals surface area (Å²) in [6, 6.07) is 8.90. The highest BCUT2D eigenvalue weighted by Crippen LogP contribution is 2.33. The van der Waals surface area contributed by atoms with Crippen molar-refractivity contribution in [1.29, 1.82) is 5.26 Å². The first-order chi connectivity index (χ1) is 14.1. The van der Waals surface area contributed by atoms with Crippen LogP contribution in [0.15, 0.2) is 29.1 Å². The average molecular weight is 425 g/mol. The number of amides is 1. The molecule has 0 unspecified atom stereocenters. The molecular formula is C21H20N4O2S2. The van der Waals surface area contributed by atoms with E-state index in [1.54, 1.807) is 47.4 Å². The molecule has 0 atom stereocenters. The van der Waals surface area contributed by atoms with Crippen LogP contribution in [-0.4, -0.2) is 21.6 Å². The van der Waals surface area contributed by atoms with Crippen LogP contribution >= 0.6 is 23.1 Å². The van der Waals surface area contributed by atoms with Crippen LogP contribution in [-0.2, 0) is 23.4 Å². The normalized spacial score (nSPS) is 13.1. The molecule has 1 amide bonds. The summed E-state index contributed by atoms with van der Waals surface area (Å²) < 4.78 is 0. The van der Waals surface area contributed by atoms with E-state index in [2.05, 4.69) is 21.4 Å². The van der Waals surface area contributed by atoms with E-state index in [1.165, 1.54) is 16.9 Å². The van der Waals surface area contributed by atoms with Crippen molar-refractivity contribution in [3.05, 3.63) is 56.4 Å². The third-order valence-electron chi connectivity index (χ3n) is 4.86. The molecule has 1 aliphatic rings. The number of aromatic amines is 1. The Morgan fingerprint density at radius 3 is 3.07 bits per heavy atom. The van der Waals surface area contributed by atoms with Gasteiger partial charge in [0.25, 0.3) is 5.56 Å². The van der Waals surface area contributed by atoms with E-state index in [-0.39, 0.29) is 11.5 Å². The molecule has 0 spiro atoms. The molecule has 0 fully saturated rings. The number of nitrogens with zero attached hydrogens (tertiary/aromatic N) is 2. The van der Waals surface area contributed by atoms with Crippen LogP contribution in [0.2, 0.25) is 0 Å². The zero-order valence-corrected chi connectivity index (χ0v) is 17.4. The Balaban J connectivity index is 1.32. The van der Waals surface area contributed by atoms with Gasteiger partial charge < -0.3 is 10.3 Å². The maximum Gasteiger partial charge on any atom is 0.259 e. The number of carbonyl (C=O) groups is 1. The van der Waals surface area contributed by atoms with Gasteiger partial charge in [-0.25, -0.2) is 4.98 Å². The number of aromatic nitrogens is 2. The Labute approximate surface area is 176 Å². The summed E-state index contributed by atoms with van der Waals surface area (Å²) in [5.41, 5.74) is 2.29. The fraction of sp³-hybridized carbons (Fsp3) is 0.333. The van der Waals surface area contributed by atoms with Gasteiger partial charge in [0.2, 0.25) is 5.91 Å². The molecule has 1 aromatic carbocycles. The summed E-state index contributed by atoms with van der Waals surface area (Å²) in [4.78, 5) is 34.4. The number of benzene rings is 1. The molecule has 3 aromatic rings. The number of fused-ring (bicyclic) bond motifs is 3. The van der Waals surface area contributed by atoms with Crippen LogP contribution in [0.5, 0.6) is 0 Å². The predicted molar refractivity (Wildman–Crippen MR) is 117 cm³/mol. The van der Waals surface area contributed by atoms with Gasteiger partial charge in [0.15, 0.2) is 0 Å². The molecule has 29 heavy (non-hydrogen) atoms. The molecule has 0 radical (unpaired) electrons. The molecular weight excluding hydrogens is 404 g/mol. The Morgan fingerprint density at radius 1 is 1.34 bits per heavy atom. The van der Waals surface area contributed by atoms with E-state index in [0.29, 0.717) is 35.0 Å². The van der Waals surface area contributed by atoms with Crippen molar-refractivity contribution in [1.82, 2.24) is 9.97 Å². The summed E-state index contributed by atoms with van der Waals surface area (Å²) >= 11 is 3.21. The second kappa shape index (κ2) is 8.80. The Hall–Kier alpha value is -2.63. The van der Waals surface area contributed by atoms with Gasteiger partial charge in [-0.1, -0.05) is 6.07 Å². The lowest BCUT2D eigenvalue weighted by Crippen LogP contribution is -2.13. The van der Waals surface area contributed by atoms with Crippen LogP contribution in [0, 0.1) is 11.3 Å². The first-order valence-electron chi connectivity index (χ1n) is 9.55. The van der Waals surface area contributed by atoms with Crippen LogP contribution in [0.1, 0.15) is 41.1 Å². The second-order valence-corrected chi connectivity index (χ2v) is 9.14. The lowest BCUT2D eigenvalue weighted by Gasteiger charge is -2.09. The lowest BCUT2D eigenvalue weighted by atomic mass is 9.97.